The molecule has 3 nitrogen and oxygen atoms in total. The Bertz CT molecular complexity index is 480. The first-order valence-corrected chi connectivity index (χ1v) is 4.68. The second-order valence-electron chi connectivity index (χ2n) is 3.33. The molecule has 0 radical (unpaired) electrons. The molecule has 15 heavy (non-hydrogen) atoms. The van der Waals surface area contributed by atoms with Crippen molar-refractivity contribution in [2.24, 2.45) is 0 Å². The van der Waals surface area contributed by atoms with Gasteiger partial charge in [-0.2, -0.15) is 4.79 Å². The third-order valence-corrected chi connectivity index (χ3v) is 2.36. The topological polar surface area (TPSA) is 56.6 Å². The number of aliphatic hydroxyl groups excluding tert-OH is 1. The largest absolute Gasteiger partial charge is 0.502 e. The fourth-order valence-electron chi connectivity index (χ4n) is 1.54. The van der Waals surface area contributed by atoms with Gasteiger partial charge in [0.2, 0.25) is 5.76 Å². The molecule has 0 saturated carbocycles. The average molecular weight is 198 g/mol. The van der Waals surface area contributed by atoms with E-state index >= 15 is 0 Å². The molecule has 0 aromatic heterocycles. The monoisotopic (exact) mass is 198 g/mol. The van der Waals surface area contributed by atoms with Gasteiger partial charge in [-0.05, 0) is 17.2 Å². The van der Waals surface area contributed by atoms with Crippen LogP contribution in [0, 0.1) is 0 Å². The normalized spacial score (nSPS) is 15.3. The summed E-state index contributed by atoms with van der Waals surface area (Å²) < 4.78 is 0. The zero-order valence-electron chi connectivity index (χ0n) is 8.09. The van der Waals surface area contributed by atoms with Gasteiger partial charge in [0, 0.05) is 0 Å². The maximum absolute atomic E-state index is 9.36. The molecule has 1 aliphatic rings. The van der Waals surface area contributed by atoms with Crippen LogP contribution in [0.2, 0.25) is 0 Å². The van der Waals surface area contributed by atoms with Crippen LogP contribution in [0.25, 0.3) is 11.1 Å². The molecule has 0 amide bonds. The summed E-state index contributed by atoms with van der Waals surface area (Å²) in [5, 5.41) is 9.36. The lowest BCUT2D eigenvalue weighted by molar-refractivity contribution is -0.00962. The van der Waals surface area contributed by atoms with E-state index in [9.17, 15) is 5.11 Å². The molecular formula is C12H10N2O. The minimum atomic E-state index is 0.0252. The SMILES string of the molecule is [N-]=[N+]=C1CC(c2ccccc2)=CC=C1O. The Morgan fingerprint density at radius 2 is 1.87 bits per heavy atom. The first kappa shape index (κ1) is 9.44. The van der Waals surface area contributed by atoms with Crippen molar-refractivity contribution in [1.29, 1.82) is 0 Å². The Labute approximate surface area is 87.6 Å². The van der Waals surface area contributed by atoms with Crippen LogP contribution >= 0.6 is 0 Å². The lowest BCUT2D eigenvalue weighted by atomic mass is 9.95. The van der Waals surface area contributed by atoms with Crippen molar-refractivity contribution in [2.45, 2.75) is 6.42 Å². The lowest BCUT2D eigenvalue weighted by Crippen LogP contribution is -2.08. The minimum absolute atomic E-state index is 0.0252. The maximum Gasteiger partial charge on any atom is 0.337 e. The number of aliphatic hydroxyl groups is 1. The van der Waals surface area contributed by atoms with Crippen molar-refractivity contribution in [2.75, 3.05) is 0 Å². The molecule has 74 valence electrons. The van der Waals surface area contributed by atoms with Crippen LogP contribution in [-0.2, 0) is 0 Å². The first-order chi connectivity index (χ1) is 7.31. The summed E-state index contributed by atoms with van der Waals surface area (Å²) in [6, 6.07) is 9.81. The predicted molar refractivity (Wildman–Crippen MR) is 58.4 cm³/mol. The summed E-state index contributed by atoms with van der Waals surface area (Å²) in [5.74, 6) is 0.0252. The van der Waals surface area contributed by atoms with Crippen LogP contribution in [0.5, 0.6) is 0 Å². The Hall–Kier alpha value is -2.12. The highest BCUT2D eigenvalue weighted by Crippen LogP contribution is 2.23. The number of rotatable bonds is 1. The van der Waals surface area contributed by atoms with E-state index in [0.717, 1.165) is 11.1 Å². The molecule has 0 fully saturated rings. The molecule has 2 rings (SSSR count). The smallest absolute Gasteiger partial charge is 0.337 e. The zero-order valence-corrected chi connectivity index (χ0v) is 8.09. The van der Waals surface area contributed by atoms with Crippen molar-refractivity contribution in [1.82, 2.24) is 0 Å². The standard InChI is InChI=1S/C12H10N2O/c13-14-11-8-10(6-7-12(11)15)9-4-2-1-3-5-9/h1-7,15H,8H2. The summed E-state index contributed by atoms with van der Waals surface area (Å²) in [6.45, 7) is 0. The summed E-state index contributed by atoms with van der Waals surface area (Å²) >= 11 is 0. The van der Waals surface area contributed by atoms with E-state index in [4.69, 9.17) is 5.53 Å². The van der Waals surface area contributed by atoms with Gasteiger partial charge in [0.05, 0.1) is 6.42 Å². The molecule has 0 unspecified atom stereocenters. The molecule has 3 heteroatoms. The van der Waals surface area contributed by atoms with Crippen LogP contribution in [0.4, 0.5) is 0 Å². The Morgan fingerprint density at radius 3 is 2.53 bits per heavy atom. The Kier molecular flexibility index (Phi) is 2.48. The highest BCUT2D eigenvalue weighted by Gasteiger charge is 2.20. The van der Waals surface area contributed by atoms with Gasteiger partial charge < -0.3 is 10.6 Å². The second-order valence-corrected chi connectivity index (χ2v) is 3.33. The van der Waals surface area contributed by atoms with Crippen molar-refractivity contribution in [3.8, 4) is 0 Å². The molecule has 0 atom stereocenters. The van der Waals surface area contributed by atoms with Crippen LogP contribution in [0.1, 0.15) is 12.0 Å². The second kappa shape index (κ2) is 3.95. The molecule has 1 aromatic rings. The van der Waals surface area contributed by atoms with Crippen LogP contribution in [0.3, 0.4) is 0 Å². The molecule has 0 bridgehead atoms. The summed E-state index contributed by atoms with van der Waals surface area (Å²) in [7, 11) is 0. The first-order valence-electron chi connectivity index (χ1n) is 4.68. The third-order valence-electron chi connectivity index (χ3n) is 2.36. The highest BCUT2D eigenvalue weighted by molar-refractivity contribution is 6.03. The molecule has 0 aliphatic heterocycles. The summed E-state index contributed by atoms with van der Waals surface area (Å²) in [6.07, 6.45) is 3.82. The quantitative estimate of drug-likeness (QED) is 0.547. The number of allylic oxidation sites excluding steroid dienone is 4. The van der Waals surface area contributed by atoms with Gasteiger partial charge in [-0.15, -0.1) is 0 Å². The highest BCUT2D eigenvalue weighted by atomic mass is 16.3. The van der Waals surface area contributed by atoms with E-state index in [1.807, 2.05) is 36.4 Å². The maximum atomic E-state index is 9.36. The van der Waals surface area contributed by atoms with E-state index in [0.29, 0.717) is 12.1 Å². The van der Waals surface area contributed by atoms with Gasteiger partial charge in [-0.25, -0.2) is 0 Å². The number of hydrogen-bond acceptors (Lipinski definition) is 1. The molecule has 0 spiro atoms. The van der Waals surface area contributed by atoms with E-state index in [2.05, 4.69) is 4.79 Å². The molecule has 1 aliphatic carbocycles. The van der Waals surface area contributed by atoms with E-state index in [-0.39, 0.29) is 5.76 Å². The minimum Gasteiger partial charge on any atom is -0.502 e. The van der Waals surface area contributed by atoms with Crippen molar-refractivity contribution >= 4 is 11.3 Å². The molecule has 0 heterocycles. The number of nitrogens with zero attached hydrogens (tertiary/aromatic N) is 2. The van der Waals surface area contributed by atoms with Gasteiger partial charge in [-0.1, -0.05) is 36.4 Å². The number of benzene rings is 1. The third kappa shape index (κ3) is 1.87. The Balaban J connectivity index is 2.38. The fraction of sp³-hybridized carbons (Fsp3) is 0.0833. The van der Waals surface area contributed by atoms with Gasteiger partial charge >= 0.3 is 5.71 Å². The van der Waals surface area contributed by atoms with Crippen molar-refractivity contribution < 1.29 is 9.90 Å². The van der Waals surface area contributed by atoms with Gasteiger partial charge in [0.25, 0.3) is 0 Å². The molecule has 0 saturated heterocycles. The van der Waals surface area contributed by atoms with Gasteiger partial charge in [-0.3, -0.25) is 0 Å². The predicted octanol–water partition coefficient (Wildman–Crippen LogP) is 2.59. The average Bonchev–Trinajstić information content (AvgIpc) is 2.31. The van der Waals surface area contributed by atoms with Gasteiger partial charge in [0.1, 0.15) is 0 Å². The van der Waals surface area contributed by atoms with Crippen molar-refractivity contribution in [3.63, 3.8) is 0 Å². The molecule has 1 N–H and O–H groups in total. The van der Waals surface area contributed by atoms with E-state index in [1.54, 1.807) is 6.08 Å². The van der Waals surface area contributed by atoms with Gasteiger partial charge in [0.15, 0.2) is 0 Å². The number of hydrogen-bond donors (Lipinski definition) is 1. The summed E-state index contributed by atoms with van der Waals surface area (Å²) in [5.41, 5.74) is 11.1. The van der Waals surface area contributed by atoms with Crippen LogP contribution in [-0.4, -0.2) is 15.6 Å². The molecule has 1 aromatic carbocycles. The van der Waals surface area contributed by atoms with Crippen molar-refractivity contribution in [3.05, 3.63) is 59.3 Å². The van der Waals surface area contributed by atoms with E-state index in [1.165, 1.54) is 0 Å². The fourth-order valence-corrected chi connectivity index (χ4v) is 1.54. The van der Waals surface area contributed by atoms with Crippen LogP contribution < -0.4 is 0 Å². The molecular weight excluding hydrogens is 188 g/mol. The van der Waals surface area contributed by atoms with E-state index < -0.39 is 0 Å². The Morgan fingerprint density at radius 1 is 1.13 bits per heavy atom. The summed E-state index contributed by atoms with van der Waals surface area (Å²) in [4.78, 5) is 3.06. The van der Waals surface area contributed by atoms with Crippen LogP contribution in [0.15, 0.2) is 48.2 Å². The zero-order chi connectivity index (χ0) is 10.7. The lowest BCUT2D eigenvalue weighted by Gasteiger charge is -2.07.